The van der Waals surface area contributed by atoms with Crippen LogP contribution in [0.4, 0.5) is 19.6 Å². The molecule has 0 spiro atoms. The van der Waals surface area contributed by atoms with Crippen molar-refractivity contribution in [3.05, 3.63) is 24.3 Å². The van der Waals surface area contributed by atoms with Crippen LogP contribution in [0.15, 0.2) is 33.5 Å². The van der Waals surface area contributed by atoms with Crippen LogP contribution in [0.3, 0.4) is 0 Å². The van der Waals surface area contributed by atoms with Gasteiger partial charge in [0.15, 0.2) is 4.34 Å². The van der Waals surface area contributed by atoms with Gasteiger partial charge in [-0.1, -0.05) is 41.8 Å². The smallest absolute Gasteiger partial charge is 0.288 e. The number of amides is 1. The number of nitrogens with one attached hydrogen (secondary N) is 2. The van der Waals surface area contributed by atoms with Crippen molar-refractivity contribution in [2.75, 3.05) is 17.2 Å². The molecule has 1 heterocycles. The Kier molecular flexibility index (Phi) is 7.91. The van der Waals surface area contributed by atoms with E-state index in [1.807, 2.05) is 0 Å². The van der Waals surface area contributed by atoms with Gasteiger partial charge in [0.25, 0.3) is 5.76 Å². The van der Waals surface area contributed by atoms with Crippen molar-refractivity contribution >= 4 is 51.6 Å². The maximum absolute atomic E-state index is 12.3. The summed E-state index contributed by atoms with van der Waals surface area (Å²) in [7, 11) is 0. The number of anilines is 2. The number of nitrogens with zero attached hydrogens (tertiary/aromatic N) is 2. The van der Waals surface area contributed by atoms with Crippen molar-refractivity contribution in [3.8, 4) is 0 Å². The van der Waals surface area contributed by atoms with Crippen LogP contribution >= 0.6 is 34.9 Å². The maximum Gasteiger partial charge on any atom is 0.288 e. The molecule has 2 N–H and O–H groups in total. The average Bonchev–Trinajstić information content (AvgIpc) is 3.01. The second kappa shape index (κ2) is 9.93. The number of thioether (sulfide) groups is 2. The fourth-order valence-corrected chi connectivity index (χ4v) is 4.15. The first-order valence-electron chi connectivity index (χ1n) is 7.57. The molecule has 25 heavy (non-hydrogen) atoms. The molecule has 5 nitrogen and oxygen atoms in total. The van der Waals surface area contributed by atoms with Gasteiger partial charge in [-0.05, 0) is 37.6 Å². The predicted octanol–water partition coefficient (Wildman–Crippen LogP) is 4.79. The number of halogens is 2. The van der Waals surface area contributed by atoms with Crippen molar-refractivity contribution in [2.45, 2.75) is 40.5 Å². The van der Waals surface area contributed by atoms with Gasteiger partial charge in [0, 0.05) is 17.1 Å². The number of carbonyl (C=O) groups excluding carboxylic acids is 1. The van der Waals surface area contributed by atoms with Crippen molar-refractivity contribution in [2.24, 2.45) is 0 Å². The minimum Gasteiger partial charge on any atom is -0.360 e. The van der Waals surface area contributed by atoms with Crippen LogP contribution in [0, 0.1) is 0 Å². The van der Waals surface area contributed by atoms with E-state index in [1.54, 1.807) is 31.2 Å². The van der Waals surface area contributed by atoms with E-state index >= 15 is 0 Å². The Morgan fingerprint density at radius 3 is 2.60 bits per heavy atom. The summed E-state index contributed by atoms with van der Waals surface area (Å²) >= 11 is 3.21. The fraction of sp³-hybridized carbons (Fsp3) is 0.400. The van der Waals surface area contributed by atoms with Gasteiger partial charge in [-0.15, -0.1) is 10.2 Å². The summed E-state index contributed by atoms with van der Waals surface area (Å²) in [5.74, 6) is -2.64. The molecular formula is C15H18F2N4OS3. The molecule has 0 bridgehead atoms. The topological polar surface area (TPSA) is 66.9 Å². The van der Waals surface area contributed by atoms with E-state index in [1.165, 1.54) is 23.1 Å². The highest BCUT2D eigenvalue weighted by Crippen LogP contribution is 2.30. The Hall–Kier alpha value is -1.39. The summed E-state index contributed by atoms with van der Waals surface area (Å²) in [4.78, 5) is 12.7. The molecule has 2 aromatic rings. The third-order valence-electron chi connectivity index (χ3n) is 2.93. The molecule has 1 aromatic heterocycles. The van der Waals surface area contributed by atoms with Gasteiger partial charge in [0.1, 0.15) is 0 Å². The Labute approximate surface area is 157 Å². The van der Waals surface area contributed by atoms with Gasteiger partial charge >= 0.3 is 0 Å². The predicted molar refractivity (Wildman–Crippen MR) is 101 cm³/mol. The molecule has 136 valence electrons. The lowest BCUT2D eigenvalue weighted by Crippen LogP contribution is -2.22. The molecule has 0 radical (unpaired) electrons. The molecule has 0 unspecified atom stereocenters. The summed E-state index contributed by atoms with van der Waals surface area (Å²) in [6.07, 6.45) is 0.996. The van der Waals surface area contributed by atoms with Crippen molar-refractivity contribution in [3.63, 3.8) is 0 Å². The van der Waals surface area contributed by atoms with Crippen molar-refractivity contribution in [1.82, 2.24) is 10.2 Å². The molecule has 1 atom stereocenters. The zero-order chi connectivity index (χ0) is 18.2. The SMILES string of the molecule is CCCNc1nnc(S[C@@H](C)C(=O)Nc2ccc(SC(F)F)cc2)s1. The molecule has 1 aromatic carbocycles. The lowest BCUT2D eigenvalue weighted by molar-refractivity contribution is -0.115. The molecule has 1 amide bonds. The highest BCUT2D eigenvalue weighted by atomic mass is 32.2. The summed E-state index contributed by atoms with van der Waals surface area (Å²) in [6, 6.07) is 6.33. The van der Waals surface area contributed by atoms with Crippen LogP contribution in [0.1, 0.15) is 20.3 Å². The van der Waals surface area contributed by atoms with E-state index in [4.69, 9.17) is 0 Å². The third kappa shape index (κ3) is 6.79. The van der Waals surface area contributed by atoms with E-state index in [2.05, 4.69) is 27.8 Å². The molecule has 0 aliphatic rings. The van der Waals surface area contributed by atoms with Gasteiger partial charge < -0.3 is 10.6 Å². The molecular weight excluding hydrogens is 386 g/mol. The highest BCUT2D eigenvalue weighted by molar-refractivity contribution is 8.02. The van der Waals surface area contributed by atoms with E-state index in [9.17, 15) is 13.6 Å². The van der Waals surface area contributed by atoms with E-state index in [0.29, 0.717) is 26.7 Å². The first kappa shape index (κ1) is 19.9. The normalized spacial score (nSPS) is 12.2. The Morgan fingerprint density at radius 2 is 1.96 bits per heavy atom. The molecule has 0 aliphatic heterocycles. The summed E-state index contributed by atoms with van der Waals surface area (Å²) < 4.78 is 25.3. The Bertz CT molecular complexity index is 682. The fourth-order valence-electron chi connectivity index (χ4n) is 1.73. The standard InChI is InChI=1S/C15H18F2N4OS3/c1-3-8-18-14-20-21-15(25-14)23-9(2)12(22)19-10-4-6-11(7-5-10)24-13(16)17/h4-7,9,13H,3,8H2,1-2H3,(H,18,20)(H,19,22)/t9-/m0/s1. The third-order valence-corrected chi connectivity index (χ3v) is 5.71. The van der Waals surface area contributed by atoms with E-state index < -0.39 is 5.76 Å². The lowest BCUT2D eigenvalue weighted by Gasteiger charge is -2.10. The molecule has 0 saturated carbocycles. The van der Waals surface area contributed by atoms with Gasteiger partial charge in [0.2, 0.25) is 11.0 Å². The highest BCUT2D eigenvalue weighted by Gasteiger charge is 2.17. The average molecular weight is 405 g/mol. The number of aromatic nitrogens is 2. The Morgan fingerprint density at radius 1 is 1.24 bits per heavy atom. The number of hydrogen-bond donors (Lipinski definition) is 2. The first-order chi connectivity index (χ1) is 12.0. The van der Waals surface area contributed by atoms with E-state index in [0.717, 1.165) is 18.1 Å². The van der Waals surface area contributed by atoms with Crippen LogP contribution in [0.2, 0.25) is 0 Å². The Balaban J connectivity index is 1.86. The number of carbonyl (C=O) groups is 1. The summed E-state index contributed by atoms with van der Waals surface area (Å²) in [5, 5.41) is 14.4. The largest absolute Gasteiger partial charge is 0.360 e. The van der Waals surface area contributed by atoms with Crippen LogP contribution in [0.25, 0.3) is 0 Å². The quantitative estimate of drug-likeness (QED) is 0.586. The number of hydrogen-bond acceptors (Lipinski definition) is 7. The van der Waals surface area contributed by atoms with Gasteiger partial charge in [-0.3, -0.25) is 4.79 Å². The van der Waals surface area contributed by atoms with Gasteiger partial charge in [-0.2, -0.15) is 8.78 Å². The second-order valence-corrected chi connectivity index (χ2v) is 8.58. The van der Waals surface area contributed by atoms with E-state index in [-0.39, 0.29) is 11.2 Å². The molecule has 0 aliphatic carbocycles. The zero-order valence-corrected chi connectivity index (χ0v) is 16.1. The van der Waals surface area contributed by atoms with Crippen LogP contribution in [-0.2, 0) is 4.79 Å². The van der Waals surface area contributed by atoms with Crippen LogP contribution in [-0.4, -0.2) is 33.7 Å². The number of benzene rings is 1. The summed E-state index contributed by atoms with van der Waals surface area (Å²) in [5.41, 5.74) is 0.568. The second-order valence-electron chi connectivity index (χ2n) is 4.95. The number of alkyl halides is 2. The maximum atomic E-state index is 12.3. The zero-order valence-electron chi connectivity index (χ0n) is 13.7. The molecule has 0 saturated heterocycles. The monoisotopic (exact) mass is 404 g/mol. The first-order valence-corrected chi connectivity index (χ1v) is 10.1. The van der Waals surface area contributed by atoms with Gasteiger partial charge in [0.05, 0.1) is 5.25 Å². The molecule has 10 heteroatoms. The minimum absolute atomic E-state index is 0.183. The van der Waals surface area contributed by atoms with Crippen molar-refractivity contribution in [1.29, 1.82) is 0 Å². The van der Waals surface area contributed by atoms with Crippen LogP contribution in [0.5, 0.6) is 0 Å². The van der Waals surface area contributed by atoms with Crippen LogP contribution < -0.4 is 10.6 Å². The molecule has 0 fully saturated rings. The summed E-state index contributed by atoms with van der Waals surface area (Å²) in [6.45, 7) is 4.67. The minimum atomic E-state index is -2.46. The number of rotatable bonds is 9. The molecule has 2 rings (SSSR count). The van der Waals surface area contributed by atoms with Gasteiger partial charge in [-0.25, -0.2) is 0 Å². The van der Waals surface area contributed by atoms with Crippen molar-refractivity contribution < 1.29 is 13.6 Å². The lowest BCUT2D eigenvalue weighted by atomic mass is 10.3.